The zero-order chi connectivity index (χ0) is 14.6. The second-order valence-electron chi connectivity index (χ2n) is 5.25. The van der Waals surface area contributed by atoms with Crippen molar-refractivity contribution >= 4 is 11.7 Å². The second kappa shape index (κ2) is 6.52. The Morgan fingerprint density at radius 3 is 2.53 bits per heavy atom. The highest BCUT2D eigenvalue weighted by atomic mass is 19.1. The number of nitrogens with zero attached hydrogens (tertiary/aromatic N) is 1. The van der Waals surface area contributed by atoms with Crippen LogP contribution in [-0.2, 0) is 0 Å². The molecule has 0 amide bonds. The maximum Gasteiger partial charge on any atom is 0.337 e. The van der Waals surface area contributed by atoms with Gasteiger partial charge in [0.05, 0.1) is 5.56 Å². The lowest BCUT2D eigenvalue weighted by molar-refractivity contribution is 0.0697. The molecule has 0 radical (unpaired) electrons. The van der Waals surface area contributed by atoms with Gasteiger partial charge in [-0.25, -0.2) is 9.18 Å². The number of aromatic carboxylic acids is 1. The van der Waals surface area contributed by atoms with Crippen molar-refractivity contribution < 1.29 is 14.3 Å². The van der Waals surface area contributed by atoms with Crippen LogP contribution in [0.5, 0.6) is 0 Å². The number of carboxylic acid groups (broad SMARTS) is 1. The van der Waals surface area contributed by atoms with Gasteiger partial charge < -0.3 is 15.3 Å². The number of halogens is 1. The van der Waals surface area contributed by atoms with Crippen LogP contribution in [0.15, 0.2) is 18.2 Å². The maximum atomic E-state index is 13.1. The van der Waals surface area contributed by atoms with E-state index in [1.165, 1.54) is 12.1 Å². The number of nitrogens with one attached hydrogen (secondary N) is 1. The van der Waals surface area contributed by atoms with Crippen LogP contribution in [0.3, 0.4) is 0 Å². The molecule has 0 saturated carbocycles. The van der Waals surface area contributed by atoms with Crippen LogP contribution < -0.4 is 5.32 Å². The summed E-state index contributed by atoms with van der Waals surface area (Å²) >= 11 is 0. The third-order valence-corrected chi connectivity index (χ3v) is 2.92. The van der Waals surface area contributed by atoms with E-state index < -0.39 is 11.8 Å². The molecular weight excluding hydrogens is 247 g/mol. The third-order valence-electron chi connectivity index (χ3n) is 2.92. The van der Waals surface area contributed by atoms with Crippen LogP contribution in [0.1, 0.15) is 24.2 Å². The summed E-state index contributed by atoms with van der Waals surface area (Å²) in [5.74, 6) is -1.35. The minimum absolute atomic E-state index is 0.0376. The van der Waals surface area contributed by atoms with Crippen molar-refractivity contribution in [1.29, 1.82) is 0 Å². The van der Waals surface area contributed by atoms with E-state index in [9.17, 15) is 9.18 Å². The Kier molecular flexibility index (Phi) is 5.30. The number of carbonyl (C=O) groups is 1. The van der Waals surface area contributed by atoms with Gasteiger partial charge in [0.15, 0.2) is 0 Å². The number of anilines is 1. The van der Waals surface area contributed by atoms with Crippen LogP contribution in [-0.4, -0.2) is 42.7 Å². The third kappa shape index (κ3) is 4.52. The fourth-order valence-electron chi connectivity index (χ4n) is 1.84. The lowest BCUT2D eigenvalue weighted by atomic mass is 10.0. The van der Waals surface area contributed by atoms with Crippen molar-refractivity contribution in [2.24, 2.45) is 5.92 Å². The standard InChI is InChI=1S/C14H21FN2O2/c1-9(2)13(8-17(3)4)16-12-6-5-10(15)7-11(12)14(18)19/h5-7,9,13,16H,8H2,1-4H3,(H,18,19). The van der Waals surface area contributed by atoms with E-state index in [4.69, 9.17) is 5.11 Å². The minimum atomic E-state index is -1.13. The normalized spacial score (nSPS) is 12.8. The highest BCUT2D eigenvalue weighted by Crippen LogP contribution is 2.20. The number of rotatable bonds is 6. The molecule has 0 aliphatic heterocycles. The molecule has 0 fully saturated rings. The number of likely N-dealkylation sites (N-methyl/N-ethyl adjacent to an activating group) is 1. The molecule has 1 rings (SSSR count). The van der Waals surface area contributed by atoms with E-state index in [1.54, 1.807) is 0 Å². The van der Waals surface area contributed by atoms with Crippen LogP contribution in [0.25, 0.3) is 0 Å². The van der Waals surface area contributed by atoms with Crippen LogP contribution >= 0.6 is 0 Å². The summed E-state index contributed by atoms with van der Waals surface area (Å²) in [6, 6.07) is 3.88. The lowest BCUT2D eigenvalue weighted by Gasteiger charge is -2.27. The molecule has 106 valence electrons. The molecule has 4 nitrogen and oxygen atoms in total. The minimum Gasteiger partial charge on any atom is -0.478 e. The van der Waals surface area contributed by atoms with Crippen molar-refractivity contribution in [3.8, 4) is 0 Å². The fraction of sp³-hybridized carbons (Fsp3) is 0.500. The summed E-state index contributed by atoms with van der Waals surface area (Å²) in [6.07, 6.45) is 0. The summed E-state index contributed by atoms with van der Waals surface area (Å²) in [7, 11) is 3.92. The van der Waals surface area contributed by atoms with E-state index in [-0.39, 0.29) is 11.6 Å². The molecule has 0 heterocycles. The smallest absolute Gasteiger partial charge is 0.337 e. The summed E-state index contributed by atoms with van der Waals surface area (Å²) in [5, 5.41) is 12.3. The van der Waals surface area contributed by atoms with E-state index in [1.807, 2.05) is 19.0 Å². The molecule has 1 aromatic rings. The fourth-order valence-corrected chi connectivity index (χ4v) is 1.84. The predicted molar refractivity (Wildman–Crippen MR) is 74.2 cm³/mol. The van der Waals surface area contributed by atoms with E-state index in [0.717, 1.165) is 12.6 Å². The SMILES string of the molecule is CC(C)C(CN(C)C)Nc1ccc(F)cc1C(=O)O. The summed E-state index contributed by atoms with van der Waals surface area (Å²) in [4.78, 5) is 13.2. The number of hydrogen-bond acceptors (Lipinski definition) is 3. The molecule has 0 aliphatic carbocycles. The Morgan fingerprint density at radius 1 is 1.42 bits per heavy atom. The van der Waals surface area contributed by atoms with Gasteiger partial charge in [-0.2, -0.15) is 0 Å². The van der Waals surface area contributed by atoms with Crippen molar-refractivity contribution in [1.82, 2.24) is 4.90 Å². The number of carboxylic acids is 1. The van der Waals surface area contributed by atoms with Gasteiger partial charge in [-0.1, -0.05) is 13.8 Å². The molecule has 0 aliphatic rings. The van der Waals surface area contributed by atoms with Gasteiger partial charge >= 0.3 is 5.97 Å². The molecule has 2 N–H and O–H groups in total. The Morgan fingerprint density at radius 2 is 2.05 bits per heavy atom. The molecule has 0 aromatic heterocycles. The second-order valence-corrected chi connectivity index (χ2v) is 5.25. The van der Waals surface area contributed by atoms with Crippen molar-refractivity contribution in [2.45, 2.75) is 19.9 Å². The quantitative estimate of drug-likeness (QED) is 0.832. The van der Waals surface area contributed by atoms with Gasteiger partial charge in [-0.15, -0.1) is 0 Å². The monoisotopic (exact) mass is 268 g/mol. The van der Waals surface area contributed by atoms with Gasteiger partial charge in [0.25, 0.3) is 0 Å². The zero-order valence-electron chi connectivity index (χ0n) is 11.8. The molecule has 1 aromatic carbocycles. The highest BCUT2D eigenvalue weighted by molar-refractivity contribution is 5.94. The Hall–Kier alpha value is -1.62. The first-order valence-electron chi connectivity index (χ1n) is 6.25. The van der Waals surface area contributed by atoms with Gasteiger partial charge in [0.1, 0.15) is 5.82 Å². The first kappa shape index (κ1) is 15.4. The maximum absolute atomic E-state index is 13.1. The van der Waals surface area contributed by atoms with Crippen LogP contribution in [0.2, 0.25) is 0 Å². The van der Waals surface area contributed by atoms with Crippen LogP contribution in [0.4, 0.5) is 10.1 Å². The first-order valence-corrected chi connectivity index (χ1v) is 6.25. The number of hydrogen-bond donors (Lipinski definition) is 2. The van der Waals surface area contributed by atoms with Gasteiger partial charge in [-0.3, -0.25) is 0 Å². The highest BCUT2D eigenvalue weighted by Gasteiger charge is 2.18. The van der Waals surface area contributed by atoms with Crippen molar-refractivity contribution in [2.75, 3.05) is 26.0 Å². The zero-order valence-corrected chi connectivity index (χ0v) is 11.8. The van der Waals surface area contributed by atoms with E-state index in [0.29, 0.717) is 11.6 Å². The molecule has 19 heavy (non-hydrogen) atoms. The first-order chi connectivity index (χ1) is 8.81. The topological polar surface area (TPSA) is 52.6 Å². The van der Waals surface area contributed by atoms with Gasteiger partial charge in [0, 0.05) is 18.3 Å². The average Bonchev–Trinajstić information content (AvgIpc) is 2.29. The summed E-state index contributed by atoms with van der Waals surface area (Å²) < 4.78 is 13.1. The van der Waals surface area contributed by atoms with Crippen molar-refractivity contribution in [3.63, 3.8) is 0 Å². The Labute approximate surface area is 113 Å². The van der Waals surface area contributed by atoms with Crippen LogP contribution in [0, 0.1) is 11.7 Å². The van der Waals surface area contributed by atoms with Crippen molar-refractivity contribution in [3.05, 3.63) is 29.6 Å². The van der Waals surface area contributed by atoms with E-state index in [2.05, 4.69) is 19.2 Å². The molecule has 0 spiro atoms. The van der Waals surface area contributed by atoms with Gasteiger partial charge in [0.2, 0.25) is 0 Å². The molecular formula is C14H21FN2O2. The summed E-state index contributed by atoms with van der Waals surface area (Å²) in [6.45, 7) is 4.89. The summed E-state index contributed by atoms with van der Waals surface area (Å²) in [5.41, 5.74) is 0.416. The molecule has 1 atom stereocenters. The Balaban J connectivity index is 2.99. The molecule has 0 saturated heterocycles. The predicted octanol–water partition coefficient (Wildman–Crippen LogP) is 2.52. The molecule has 5 heteroatoms. The molecule has 0 bridgehead atoms. The Bertz CT molecular complexity index is 447. The lowest BCUT2D eigenvalue weighted by Crippen LogP contribution is -2.36. The number of benzene rings is 1. The molecule has 1 unspecified atom stereocenters. The average molecular weight is 268 g/mol. The largest absolute Gasteiger partial charge is 0.478 e. The van der Waals surface area contributed by atoms with E-state index >= 15 is 0 Å². The van der Waals surface area contributed by atoms with Gasteiger partial charge in [-0.05, 0) is 38.2 Å².